The van der Waals surface area contributed by atoms with Gasteiger partial charge in [-0.15, -0.1) is 0 Å². The summed E-state index contributed by atoms with van der Waals surface area (Å²) in [5.74, 6) is 0. The van der Waals surface area contributed by atoms with Gasteiger partial charge in [-0.1, -0.05) is 170 Å². The van der Waals surface area contributed by atoms with Gasteiger partial charge in [0.2, 0.25) is 0 Å². The first-order valence-electron chi connectivity index (χ1n) is 23.6. The first kappa shape index (κ1) is 39.0. The SMILES string of the molecule is c1cc(-c2ccc(N(c3ccc(-c4cccc(-n5c6ccccc6c6ccccc65)c4)cc3)c3ccc4c5ccccc5c5ccccc5c4c3)cc2)cc(-c2ccc3c(c2)oc2ccccc23)c1. The van der Waals surface area contributed by atoms with Crippen molar-refractivity contribution in [3.63, 3.8) is 0 Å². The van der Waals surface area contributed by atoms with Crippen LogP contribution in [-0.4, -0.2) is 4.57 Å². The summed E-state index contributed by atoms with van der Waals surface area (Å²) in [5.41, 5.74) is 15.5. The zero-order valence-corrected chi connectivity index (χ0v) is 37.6. The molecule has 0 amide bonds. The van der Waals surface area contributed by atoms with Crippen molar-refractivity contribution >= 4 is 93.1 Å². The number of anilines is 3. The number of para-hydroxylation sites is 3. The van der Waals surface area contributed by atoms with E-state index in [1.54, 1.807) is 0 Å². The second kappa shape index (κ2) is 15.7. The van der Waals surface area contributed by atoms with Crippen LogP contribution in [0.4, 0.5) is 17.1 Å². The molecule has 0 saturated carbocycles. The van der Waals surface area contributed by atoms with Gasteiger partial charge in [0, 0.05) is 44.3 Å². The van der Waals surface area contributed by atoms with E-state index in [2.05, 4.69) is 252 Å². The molecule has 0 spiro atoms. The van der Waals surface area contributed by atoms with Gasteiger partial charge in [-0.25, -0.2) is 0 Å². The molecule has 3 heteroatoms. The fraction of sp³-hybridized carbons (Fsp3) is 0. The fourth-order valence-corrected chi connectivity index (χ4v) is 10.9. The normalized spacial score (nSPS) is 11.8. The van der Waals surface area contributed by atoms with E-state index < -0.39 is 0 Å². The van der Waals surface area contributed by atoms with Gasteiger partial charge < -0.3 is 13.9 Å². The van der Waals surface area contributed by atoms with Gasteiger partial charge in [0.15, 0.2) is 0 Å². The molecule has 0 saturated heterocycles. The third-order valence-corrected chi connectivity index (χ3v) is 14.2. The summed E-state index contributed by atoms with van der Waals surface area (Å²) in [6.45, 7) is 0. The van der Waals surface area contributed by atoms with Gasteiger partial charge in [0.05, 0.1) is 11.0 Å². The highest BCUT2D eigenvalue weighted by Crippen LogP contribution is 2.43. The molecule has 69 heavy (non-hydrogen) atoms. The average Bonchev–Trinajstić information content (AvgIpc) is 3.97. The van der Waals surface area contributed by atoms with Crippen LogP contribution in [0.1, 0.15) is 0 Å². The van der Waals surface area contributed by atoms with Crippen molar-refractivity contribution in [1.29, 1.82) is 0 Å². The molecule has 3 nitrogen and oxygen atoms in total. The molecule has 322 valence electrons. The highest BCUT2D eigenvalue weighted by molar-refractivity contribution is 6.26. The second-order valence-electron chi connectivity index (χ2n) is 18.1. The molecule has 14 aromatic rings. The Balaban J connectivity index is 0.862. The van der Waals surface area contributed by atoms with Crippen molar-refractivity contribution in [2.45, 2.75) is 0 Å². The molecule has 0 unspecified atom stereocenters. The van der Waals surface area contributed by atoms with Crippen molar-refractivity contribution in [1.82, 2.24) is 4.57 Å². The van der Waals surface area contributed by atoms with Crippen molar-refractivity contribution in [3.8, 4) is 39.1 Å². The second-order valence-corrected chi connectivity index (χ2v) is 18.1. The molecule has 2 aromatic heterocycles. The molecule has 0 aliphatic carbocycles. The van der Waals surface area contributed by atoms with E-state index >= 15 is 0 Å². The van der Waals surface area contributed by atoms with Crippen LogP contribution in [0.25, 0.3) is 115 Å². The quantitative estimate of drug-likeness (QED) is 0.149. The Kier molecular flexibility index (Phi) is 8.90. The first-order valence-corrected chi connectivity index (χ1v) is 23.6. The number of furan rings is 1. The van der Waals surface area contributed by atoms with E-state index in [9.17, 15) is 0 Å². The zero-order valence-electron chi connectivity index (χ0n) is 37.6. The van der Waals surface area contributed by atoms with Crippen LogP contribution in [0, 0.1) is 0 Å². The lowest BCUT2D eigenvalue weighted by Crippen LogP contribution is -2.10. The fourth-order valence-electron chi connectivity index (χ4n) is 10.9. The monoisotopic (exact) mass is 878 g/mol. The van der Waals surface area contributed by atoms with Crippen LogP contribution in [0.3, 0.4) is 0 Å². The molecule has 0 aliphatic rings. The number of rotatable bonds is 7. The van der Waals surface area contributed by atoms with Crippen LogP contribution in [-0.2, 0) is 0 Å². The highest BCUT2D eigenvalue weighted by Gasteiger charge is 2.18. The summed E-state index contributed by atoms with van der Waals surface area (Å²) in [7, 11) is 0. The number of hydrogen-bond donors (Lipinski definition) is 0. The first-order chi connectivity index (χ1) is 34.2. The van der Waals surface area contributed by atoms with E-state index in [1.165, 1.54) is 59.7 Å². The smallest absolute Gasteiger partial charge is 0.136 e. The predicted molar refractivity (Wildman–Crippen MR) is 292 cm³/mol. The Bertz CT molecular complexity index is 4220. The standard InChI is InChI=1S/C66H42N2O/c1-2-19-55-53(17-1)54-18-3-4-20-56(54)62-42-52(36-38-57(55)62)67(49-32-27-43(28-33-49)45-13-11-14-46(39-45)48-31-37-61-60-23-7-10-26-65(60)69-66(61)41-48)50-34-29-44(30-35-50)47-15-12-16-51(40-47)68-63-24-8-5-21-58(63)59-22-6-9-25-64(59)68/h1-42H. The summed E-state index contributed by atoms with van der Waals surface area (Å²) < 4.78 is 8.66. The molecule has 0 N–H and O–H groups in total. The van der Waals surface area contributed by atoms with Crippen LogP contribution in [0.2, 0.25) is 0 Å². The van der Waals surface area contributed by atoms with Crippen molar-refractivity contribution in [3.05, 3.63) is 255 Å². The molecular formula is C66H42N2O. The summed E-state index contributed by atoms with van der Waals surface area (Å²) in [4.78, 5) is 2.39. The minimum Gasteiger partial charge on any atom is -0.456 e. The van der Waals surface area contributed by atoms with Gasteiger partial charge >= 0.3 is 0 Å². The summed E-state index contributed by atoms with van der Waals surface area (Å²) in [5, 5.41) is 12.3. The molecule has 0 aliphatic heterocycles. The largest absolute Gasteiger partial charge is 0.456 e. The van der Waals surface area contributed by atoms with Crippen LogP contribution >= 0.6 is 0 Å². The van der Waals surface area contributed by atoms with Gasteiger partial charge in [0.1, 0.15) is 11.2 Å². The molecular weight excluding hydrogens is 837 g/mol. The topological polar surface area (TPSA) is 21.3 Å². The number of hydrogen-bond acceptors (Lipinski definition) is 2. The van der Waals surface area contributed by atoms with Gasteiger partial charge in [-0.2, -0.15) is 0 Å². The number of benzene rings is 12. The Morgan fingerprint density at radius 1 is 0.246 bits per heavy atom. The highest BCUT2D eigenvalue weighted by atomic mass is 16.3. The Morgan fingerprint density at radius 3 is 1.29 bits per heavy atom. The number of fused-ring (bicyclic) bond motifs is 12. The van der Waals surface area contributed by atoms with E-state index in [4.69, 9.17) is 4.42 Å². The maximum Gasteiger partial charge on any atom is 0.136 e. The van der Waals surface area contributed by atoms with Gasteiger partial charge in [-0.05, 0) is 151 Å². The predicted octanol–water partition coefficient (Wildman–Crippen LogP) is 18.6. The summed E-state index contributed by atoms with van der Waals surface area (Å²) in [6, 6.07) is 92.6. The van der Waals surface area contributed by atoms with E-state index in [1.807, 2.05) is 12.1 Å². The molecule has 2 heterocycles. The third-order valence-electron chi connectivity index (χ3n) is 14.2. The lowest BCUT2D eigenvalue weighted by Gasteiger charge is -2.27. The molecule has 0 fully saturated rings. The van der Waals surface area contributed by atoms with E-state index in [0.29, 0.717) is 0 Å². The summed E-state index contributed by atoms with van der Waals surface area (Å²) in [6.07, 6.45) is 0. The van der Waals surface area contributed by atoms with Crippen molar-refractivity contribution < 1.29 is 4.42 Å². The maximum atomic E-state index is 6.27. The lowest BCUT2D eigenvalue weighted by molar-refractivity contribution is 0.669. The zero-order chi connectivity index (χ0) is 45.4. The minimum absolute atomic E-state index is 0.902. The maximum absolute atomic E-state index is 6.27. The Morgan fingerprint density at radius 2 is 0.667 bits per heavy atom. The molecule has 12 aromatic carbocycles. The Hall–Kier alpha value is -9.18. The van der Waals surface area contributed by atoms with Crippen molar-refractivity contribution in [2.24, 2.45) is 0 Å². The van der Waals surface area contributed by atoms with Gasteiger partial charge in [-0.3, -0.25) is 0 Å². The molecule has 0 bridgehead atoms. The lowest BCUT2D eigenvalue weighted by atomic mass is 9.94. The average molecular weight is 879 g/mol. The van der Waals surface area contributed by atoms with E-state index in [-0.39, 0.29) is 0 Å². The third kappa shape index (κ3) is 6.43. The van der Waals surface area contributed by atoms with Crippen LogP contribution < -0.4 is 4.90 Å². The van der Waals surface area contributed by atoms with Crippen LogP contribution in [0.15, 0.2) is 259 Å². The minimum atomic E-state index is 0.902. The van der Waals surface area contributed by atoms with Crippen molar-refractivity contribution in [2.75, 3.05) is 4.90 Å². The Labute approximate surface area is 399 Å². The van der Waals surface area contributed by atoms with E-state index in [0.717, 1.165) is 72.5 Å². The number of nitrogens with zero attached hydrogens (tertiary/aromatic N) is 2. The van der Waals surface area contributed by atoms with Gasteiger partial charge in [0.25, 0.3) is 0 Å². The molecule has 14 rings (SSSR count). The molecule has 0 atom stereocenters. The van der Waals surface area contributed by atoms with Crippen LogP contribution in [0.5, 0.6) is 0 Å². The summed E-state index contributed by atoms with van der Waals surface area (Å²) >= 11 is 0. The molecule has 0 radical (unpaired) electrons. The number of aromatic nitrogens is 1.